The van der Waals surface area contributed by atoms with Gasteiger partial charge in [0, 0.05) is 25.9 Å². The Hall–Kier alpha value is -0.950. The zero-order valence-electron chi connectivity index (χ0n) is 12.1. The first-order valence-electron chi connectivity index (χ1n) is 6.94. The predicted molar refractivity (Wildman–Crippen MR) is 90.1 cm³/mol. The van der Waals surface area contributed by atoms with Crippen LogP contribution in [0.3, 0.4) is 0 Å². The van der Waals surface area contributed by atoms with Gasteiger partial charge in [-0.25, -0.2) is 0 Å². The van der Waals surface area contributed by atoms with Gasteiger partial charge in [-0.15, -0.1) is 10.2 Å². The van der Waals surface area contributed by atoms with Crippen molar-refractivity contribution in [1.29, 1.82) is 0 Å². The van der Waals surface area contributed by atoms with Gasteiger partial charge in [0.25, 0.3) is 0 Å². The van der Waals surface area contributed by atoms with E-state index in [2.05, 4.69) is 15.1 Å². The third kappa shape index (κ3) is 3.51. The van der Waals surface area contributed by atoms with Crippen LogP contribution in [0.25, 0.3) is 0 Å². The van der Waals surface area contributed by atoms with E-state index in [4.69, 9.17) is 27.9 Å². The van der Waals surface area contributed by atoms with E-state index in [-0.39, 0.29) is 0 Å². The van der Waals surface area contributed by atoms with E-state index >= 15 is 0 Å². The van der Waals surface area contributed by atoms with E-state index in [0.717, 1.165) is 48.7 Å². The van der Waals surface area contributed by atoms with Crippen molar-refractivity contribution in [2.75, 3.05) is 31.2 Å². The number of rotatable bonds is 4. The molecule has 0 N–H and O–H groups in total. The maximum Gasteiger partial charge on any atom is 0.227 e. The van der Waals surface area contributed by atoms with Gasteiger partial charge in [-0.3, -0.25) is 4.57 Å². The van der Waals surface area contributed by atoms with Crippen molar-refractivity contribution in [2.24, 2.45) is 7.05 Å². The molecule has 1 aromatic carbocycles. The second kappa shape index (κ2) is 7.08. The minimum absolute atomic E-state index is 0.573. The molecule has 8 heteroatoms. The molecule has 0 unspecified atom stereocenters. The number of hydrogen-bond acceptors (Lipinski definition) is 5. The summed E-state index contributed by atoms with van der Waals surface area (Å²) in [5.74, 6) is 1.66. The van der Waals surface area contributed by atoms with Gasteiger partial charge >= 0.3 is 0 Å². The van der Waals surface area contributed by atoms with Gasteiger partial charge in [-0.05, 0) is 17.7 Å². The molecule has 3 rings (SSSR count). The smallest absolute Gasteiger partial charge is 0.227 e. The topological polar surface area (TPSA) is 43.2 Å². The summed E-state index contributed by atoms with van der Waals surface area (Å²) in [6.45, 7) is 3.17. The van der Waals surface area contributed by atoms with Gasteiger partial charge in [0.2, 0.25) is 5.95 Å². The van der Waals surface area contributed by atoms with Crippen LogP contribution in [-0.4, -0.2) is 41.1 Å². The Morgan fingerprint density at radius 1 is 1.18 bits per heavy atom. The number of aromatic nitrogens is 3. The molecule has 0 radical (unpaired) electrons. The summed E-state index contributed by atoms with van der Waals surface area (Å²) in [6, 6.07) is 5.67. The molecule has 0 aliphatic carbocycles. The van der Waals surface area contributed by atoms with Crippen molar-refractivity contribution in [3.05, 3.63) is 33.8 Å². The van der Waals surface area contributed by atoms with E-state index in [1.807, 2.05) is 29.8 Å². The van der Waals surface area contributed by atoms with Gasteiger partial charge < -0.3 is 9.64 Å². The molecule has 0 saturated carbocycles. The summed E-state index contributed by atoms with van der Waals surface area (Å²) in [4.78, 5) is 2.19. The van der Waals surface area contributed by atoms with Crippen LogP contribution in [0.15, 0.2) is 23.4 Å². The number of benzene rings is 1. The van der Waals surface area contributed by atoms with Crippen LogP contribution in [0, 0.1) is 0 Å². The molecular weight excluding hydrogens is 343 g/mol. The summed E-state index contributed by atoms with van der Waals surface area (Å²) in [7, 11) is 1.99. The van der Waals surface area contributed by atoms with E-state index in [1.54, 1.807) is 11.8 Å². The highest BCUT2D eigenvalue weighted by atomic mass is 35.5. The van der Waals surface area contributed by atoms with Crippen molar-refractivity contribution in [1.82, 2.24) is 14.8 Å². The second-order valence-corrected chi connectivity index (χ2v) is 6.74. The number of hydrogen-bond donors (Lipinski definition) is 0. The number of anilines is 1. The van der Waals surface area contributed by atoms with Crippen LogP contribution in [0.4, 0.5) is 5.95 Å². The Bertz CT molecular complexity index is 658. The summed E-state index contributed by atoms with van der Waals surface area (Å²) in [5, 5.41) is 10.6. The van der Waals surface area contributed by atoms with E-state index in [1.165, 1.54) is 0 Å². The maximum absolute atomic E-state index is 6.04. The van der Waals surface area contributed by atoms with E-state index in [0.29, 0.717) is 10.0 Å². The van der Waals surface area contributed by atoms with Crippen molar-refractivity contribution in [2.45, 2.75) is 10.9 Å². The van der Waals surface area contributed by atoms with Gasteiger partial charge in [-0.2, -0.15) is 0 Å². The number of halogens is 2. The Morgan fingerprint density at radius 3 is 2.68 bits per heavy atom. The van der Waals surface area contributed by atoms with Crippen molar-refractivity contribution >= 4 is 40.9 Å². The first-order valence-corrected chi connectivity index (χ1v) is 8.68. The first kappa shape index (κ1) is 15.9. The highest BCUT2D eigenvalue weighted by Gasteiger charge is 2.18. The SMILES string of the molecule is Cn1c(SCc2ccc(Cl)c(Cl)c2)nnc1N1CCOCC1. The Morgan fingerprint density at radius 2 is 1.95 bits per heavy atom. The lowest BCUT2D eigenvalue weighted by Gasteiger charge is -2.27. The van der Waals surface area contributed by atoms with E-state index in [9.17, 15) is 0 Å². The van der Waals surface area contributed by atoms with Crippen LogP contribution in [0.2, 0.25) is 10.0 Å². The highest BCUT2D eigenvalue weighted by Crippen LogP contribution is 2.28. The van der Waals surface area contributed by atoms with Gasteiger partial charge in [-0.1, -0.05) is 41.0 Å². The molecule has 0 amide bonds. The number of morpholine rings is 1. The monoisotopic (exact) mass is 358 g/mol. The fourth-order valence-electron chi connectivity index (χ4n) is 2.25. The third-order valence-electron chi connectivity index (χ3n) is 3.46. The summed E-state index contributed by atoms with van der Waals surface area (Å²) >= 11 is 13.6. The molecule has 1 aromatic heterocycles. The summed E-state index contributed by atoms with van der Waals surface area (Å²) < 4.78 is 7.39. The zero-order valence-corrected chi connectivity index (χ0v) is 14.5. The molecule has 22 heavy (non-hydrogen) atoms. The lowest BCUT2D eigenvalue weighted by atomic mass is 10.2. The minimum atomic E-state index is 0.573. The Balaban J connectivity index is 1.67. The minimum Gasteiger partial charge on any atom is -0.378 e. The van der Waals surface area contributed by atoms with Crippen molar-refractivity contribution in [3.8, 4) is 0 Å². The summed E-state index contributed by atoms with van der Waals surface area (Å²) in [6.07, 6.45) is 0. The molecule has 0 atom stereocenters. The average Bonchev–Trinajstić information content (AvgIpc) is 2.90. The molecule has 1 fully saturated rings. The van der Waals surface area contributed by atoms with Crippen LogP contribution < -0.4 is 4.90 Å². The summed E-state index contributed by atoms with van der Waals surface area (Å²) in [5.41, 5.74) is 1.11. The van der Waals surface area contributed by atoms with Crippen LogP contribution >= 0.6 is 35.0 Å². The molecule has 1 saturated heterocycles. The molecule has 5 nitrogen and oxygen atoms in total. The normalized spacial score (nSPS) is 15.3. The van der Waals surface area contributed by atoms with E-state index < -0.39 is 0 Å². The molecular formula is C14H16Cl2N4OS. The lowest BCUT2D eigenvalue weighted by molar-refractivity contribution is 0.121. The van der Waals surface area contributed by atoms with Crippen molar-refractivity contribution in [3.63, 3.8) is 0 Å². The molecule has 2 heterocycles. The van der Waals surface area contributed by atoms with Crippen LogP contribution in [0.5, 0.6) is 0 Å². The average molecular weight is 359 g/mol. The lowest BCUT2D eigenvalue weighted by Crippen LogP contribution is -2.37. The number of ether oxygens (including phenoxy) is 1. The largest absolute Gasteiger partial charge is 0.378 e. The Labute approximate surface area is 143 Å². The zero-order chi connectivity index (χ0) is 15.5. The first-order chi connectivity index (χ1) is 10.6. The predicted octanol–water partition coefficient (Wildman–Crippen LogP) is 3.25. The van der Waals surface area contributed by atoms with Gasteiger partial charge in [0.1, 0.15) is 0 Å². The standard InChI is InChI=1S/C14H16Cl2N4OS/c1-19-13(20-4-6-21-7-5-20)17-18-14(19)22-9-10-2-3-11(15)12(16)8-10/h2-3,8H,4-7,9H2,1H3. The molecule has 118 valence electrons. The van der Waals surface area contributed by atoms with Gasteiger partial charge in [0.05, 0.1) is 23.3 Å². The molecule has 2 aromatic rings. The molecule has 1 aliphatic heterocycles. The van der Waals surface area contributed by atoms with Crippen LogP contribution in [0.1, 0.15) is 5.56 Å². The molecule has 0 bridgehead atoms. The maximum atomic E-state index is 6.04. The van der Waals surface area contributed by atoms with Crippen molar-refractivity contribution < 1.29 is 4.74 Å². The third-order valence-corrected chi connectivity index (χ3v) is 5.29. The molecule has 0 spiro atoms. The molecule has 1 aliphatic rings. The highest BCUT2D eigenvalue weighted by molar-refractivity contribution is 7.98. The fourth-order valence-corrected chi connectivity index (χ4v) is 3.42. The Kier molecular flexibility index (Phi) is 5.13. The van der Waals surface area contributed by atoms with Crippen LogP contribution in [-0.2, 0) is 17.5 Å². The number of thioether (sulfide) groups is 1. The van der Waals surface area contributed by atoms with Gasteiger partial charge in [0.15, 0.2) is 5.16 Å². The quantitative estimate of drug-likeness (QED) is 0.784. The second-order valence-electron chi connectivity index (χ2n) is 4.98. The number of nitrogens with zero attached hydrogens (tertiary/aromatic N) is 4. The fraction of sp³-hybridized carbons (Fsp3) is 0.429.